The highest BCUT2D eigenvalue weighted by Gasteiger charge is 2.35. The van der Waals surface area contributed by atoms with Crippen molar-refractivity contribution >= 4 is 29.6 Å². The van der Waals surface area contributed by atoms with Crippen LogP contribution in [0.5, 0.6) is 5.75 Å². The quantitative estimate of drug-likeness (QED) is 0.208. The highest BCUT2D eigenvalue weighted by atomic mass is 16.6. The van der Waals surface area contributed by atoms with E-state index in [1.807, 2.05) is 68.2 Å². The highest BCUT2D eigenvalue weighted by molar-refractivity contribution is 5.98. The van der Waals surface area contributed by atoms with E-state index < -0.39 is 41.1 Å². The van der Waals surface area contributed by atoms with Crippen LogP contribution >= 0.6 is 0 Å². The first-order valence-electron chi connectivity index (χ1n) is 17.6. The largest absolute Gasteiger partial charge is 0.494 e. The minimum Gasteiger partial charge on any atom is -0.494 e. The van der Waals surface area contributed by atoms with Gasteiger partial charge in [-0.2, -0.15) is 0 Å². The van der Waals surface area contributed by atoms with Gasteiger partial charge in [-0.25, -0.2) is 9.78 Å². The molecular weight excluding hydrogens is 652 g/mol. The first-order valence-corrected chi connectivity index (χ1v) is 17.6. The summed E-state index contributed by atoms with van der Waals surface area (Å²) in [5, 5.41) is 8.05. The van der Waals surface area contributed by atoms with Gasteiger partial charge in [0.1, 0.15) is 29.0 Å². The summed E-state index contributed by atoms with van der Waals surface area (Å²) in [7, 11) is 0. The van der Waals surface area contributed by atoms with Crippen LogP contribution in [0.1, 0.15) is 86.8 Å². The van der Waals surface area contributed by atoms with E-state index in [0.717, 1.165) is 24.0 Å². The molecule has 1 aromatic carbocycles. The van der Waals surface area contributed by atoms with Crippen molar-refractivity contribution in [2.45, 2.75) is 98.4 Å². The number of carbonyl (C=O) groups excluding carboxylic acids is 4. The molecule has 0 radical (unpaired) electrons. The number of benzene rings is 1. The molecule has 0 bridgehead atoms. The molecule has 3 rings (SSSR count). The molecule has 0 spiro atoms. The average Bonchev–Trinajstić information content (AvgIpc) is 3.51. The molecule has 1 aromatic heterocycles. The first-order chi connectivity index (χ1) is 24.1. The van der Waals surface area contributed by atoms with Crippen LogP contribution in [0.4, 0.5) is 10.6 Å². The monoisotopic (exact) mass is 708 g/mol. The van der Waals surface area contributed by atoms with Crippen LogP contribution < -0.4 is 20.7 Å². The molecule has 3 N–H and O–H groups in total. The Kier molecular flexibility index (Phi) is 14.8. The smallest absolute Gasteiger partial charge is 0.408 e. The van der Waals surface area contributed by atoms with Crippen molar-refractivity contribution < 1.29 is 33.4 Å². The summed E-state index contributed by atoms with van der Waals surface area (Å²) in [4.78, 5) is 59.9. The molecule has 1 aliphatic rings. The maximum Gasteiger partial charge on any atom is 0.408 e. The van der Waals surface area contributed by atoms with E-state index in [4.69, 9.17) is 14.2 Å². The van der Waals surface area contributed by atoms with Gasteiger partial charge in [0.2, 0.25) is 11.8 Å². The molecule has 2 aromatic rings. The van der Waals surface area contributed by atoms with E-state index in [1.54, 1.807) is 31.5 Å². The third kappa shape index (κ3) is 12.6. The number of imidazole rings is 1. The number of anilines is 1. The SMILES string of the molecule is C/C=C\C(=C/C)COC[C@@H](NC(=O)C(C)(C)NC(=O)OC(C)(C)C)C(=O)Nc1cn(C(C(=O)N2CCC(C)CC2)c2ccc(OCC)cc2)cn1. The van der Waals surface area contributed by atoms with E-state index in [-0.39, 0.29) is 24.9 Å². The number of hydrogen-bond acceptors (Lipinski definition) is 8. The Bertz CT molecular complexity index is 1530. The summed E-state index contributed by atoms with van der Waals surface area (Å²) in [6.07, 6.45) is 9.85. The predicted molar refractivity (Wildman–Crippen MR) is 196 cm³/mol. The van der Waals surface area contributed by atoms with Gasteiger partial charge in [-0.3, -0.25) is 14.4 Å². The third-order valence-electron chi connectivity index (χ3n) is 8.29. The van der Waals surface area contributed by atoms with Crippen molar-refractivity contribution in [3.63, 3.8) is 0 Å². The van der Waals surface area contributed by atoms with Gasteiger partial charge in [-0.05, 0) is 97.4 Å². The minimum atomic E-state index is -1.43. The Morgan fingerprint density at radius 2 is 1.71 bits per heavy atom. The van der Waals surface area contributed by atoms with Crippen LogP contribution in [-0.2, 0) is 23.9 Å². The number of likely N-dealkylation sites (tertiary alicyclic amines) is 1. The lowest BCUT2D eigenvalue weighted by atomic mass is 9.97. The number of piperidine rings is 1. The van der Waals surface area contributed by atoms with Crippen molar-refractivity contribution in [2.24, 2.45) is 5.92 Å². The molecule has 2 atom stereocenters. The molecule has 280 valence electrons. The molecule has 1 aliphatic heterocycles. The topological polar surface area (TPSA) is 153 Å². The fourth-order valence-corrected chi connectivity index (χ4v) is 5.39. The minimum absolute atomic E-state index is 0.0690. The van der Waals surface area contributed by atoms with E-state index in [0.29, 0.717) is 31.4 Å². The van der Waals surface area contributed by atoms with E-state index in [9.17, 15) is 19.2 Å². The lowest BCUT2D eigenvalue weighted by molar-refractivity contribution is -0.135. The van der Waals surface area contributed by atoms with Crippen molar-refractivity contribution in [2.75, 3.05) is 38.2 Å². The second-order valence-corrected chi connectivity index (χ2v) is 14.3. The molecule has 4 amide bonds. The number of hydrogen-bond donors (Lipinski definition) is 3. The molecule has 13 nitrogen and oxygen atoms in total. The Morgan fingerprint density at radius 1 is 1.04 bits per heavy atom. The van der Waals surface area contributed by atoms with Gasteiger partial charge in [0.15, 0.2) is 5.82 Å². The van der Waals surface area contributed by atoms with Crippen molar-refractivity contribution in [1.82, 2.24) is 25.1 Å². The van der Waals surface area contributed by atoms with Crippen LogP contribution in [0.2, 0.25) is 0 Å². The van der Waals surface area contributed by atoms with Crippen LogP contribution in [0.3, 0.4) is 0 Å². The van der Waals surface area contributed by atoms with Crippen LogP contribution in [0, 0.1) is 5.92 Å². The number of aromatic nitrogens is 2. The van der Waals surface area contributed by atoms with E-state index in [2.05, 4.69) is 27.9 Å². The number of nitrogens with one attached hydrogen (secondary N) is 3. The second kappa shape index (κ2) is 18.5. The number of alkyl carbamates (subject to hydrolysis) is 1. The summed E-state index contributed by atoms with van der Waals surface area (Å²) in [5.74, 6) is 0.148. The number of carbonyl (C=O) groups is 4. The van der Waals surface area contributed by atoms with Crippen LogP contribution in [-0.4, -0.2) is 88.4 Å². The summed E-state index contributed by atoms with van der Waals surface area (Å²) in [5.41, 5.74) is -0.561. The summed E-state index contributed by atoms with van der Waals surface area (Å²) in [6, 6.07) is 5.50. The number of amides is 4. The van der Waals surface area contributed by atoms with Crippen LogP contribution in [0.15, 0.2) is 60.6 Å². The number of allylic oxidation sites excluding steroid dienone is 2. The summed E-state index contributed by atoms with van der Waals surface area (Å²) >= 11 is 0. The summed E-state index contributed by atoms with van der Waals surface area (Å²) < 4.78 is 18.5. The molecule has 1 fully saturated rings. The third-order valence-corrected chi connectivity index (χ3v) is 8.29. The predicted octanol–water partition coefficient (Wildman–Crippen LogP) is 5.40. The maximum atomic E-state index is 14.0. The van der Waals surface area contributed by atoms with Gasteiger partial charge in [-0.15, -0.1) is 0 Å². The van der Waals surface area contributed by atoms with Gasteiger partial charge in [0, 0.05) is 19.3 Å². The van der Waals surface area contributed by atoms with E-state index in [1.165, 1.54) is 20.2 Å². The zero-order valence-electron chi connectivity index (χ0n) is 31.6. The molecule has 0 aliphatic carbocycles. The fraction of sp³-hybridized carbons (Fsp3) is 0.553. The molecular formula is C38H56N6O7. The lowest BCUT2D eigenvalue weighted by Gasteiger charge is -2.33. The number of ether oxygens (including phenoxy) is 3. The molecule has 0 saturated carbocycles. The Balaban J connectivity index is 1.85. The number of rotatable bonds is 15. The van der Waals surface area contributed by atoms with Crippen molar-refractivity contribution in [1.29, 1.82) is 0 Å². The molecule has 51 heavy (non-hydrogen) atoms. The maximum absolute atomic E-state index is 14.0. The Labute approximate surface area is 302 Å². The van der Waals surface area contributed by atoms with Crippen molar-refractivity contribution in [3.05, 3.63) is 66.2 Å². The van der Waals surface area contributed by atoms with Gasteiger partial charge in [-0.1, -0.05) is 37.3 Å². The highest BCUT2D eigenvalue weighted by Crippen LogP contribution is 2.27. The Hall–Kier alpha value is -4.65. The normalized spacial score (nSPS) is 15.6. The number of nitrogens with zero attached hydrogens (tertiary/aromatic N) is 3. The molecule has 1 saturated heterocycles. The lowest BCUT2D eigenvalue weighted by Crippen LogP contribution is -2.59. The second-order valence-electron chi connectivity index (χ2n) is 14.3. The van der Waals surface area contributed by atoms with E-state index >= 15 is 0 Å². The van der Waals surface area contributed by atoms with Gasteiger partial charge in [0.05, 0.1) is 26.1 Å². The zero-order valence-corrected chi connectivity index (χ0v) is 31.6. The summed E-state index contributed by atoms with van der Waals surface area (Å²) in [6.45, 7) is 17.9. The molecule has 2 heterocycles. The van der Waals surface area contributed by atoms with Crippen LogP contribution in [0.25, 0.3) is 0 Å². The van der Waals surface area contributed by atoms with Gasteiger partial charge in [0.25, 0.3) is 5.91 Å². The Morgan fingerprint density at radius 3 is 2.29 bits per heavy atom. The average molecular weight is 709 g/mol. The standard InChI is InChI=1S/C38H56N6O7/c1-10-13-27(11-2)23-49-24-30(40-35(47)38(8,9)42-36(48)51-37(5,6)7)33(45)41-31-22-44(25-39-31)32(28-14-16-29(17-15-28)50-12-3)34(46)43-20-18-26(4)19-21-43/h10-11,13-17,22,25-26,30,32H,12,18-21,23-24H2,1-9H3,(H,40,47)(H,41,45)(H,42,48)/b13-10-,27-11+/t30-,32?/m1/s1. The fourth-order valence-electron chi connectivity index (χ4n) is 5.39. The van der Waals surface area contributed by atoms with Gasteiger partial charge < -0.3 is 39.6 Å². The molecule has 1 unspecified atom stereocenters. The molecule has 13 heteroatoms. The first kappa shape index (κ1) is 40.8. The zero-order chi connectivity index (χ0) is 37.8. The van der Waals surface area contributed by atoms with Gasteiger partial charge >= 0.3 is 6.09 Å². The van der Waals surface area contributed by atoms with Crippen molar-refractivity contribution in [3.8, 4) is 5.75 Å².